The summed E-state index contributed by atoms with van der Waals surface area (Å²) in [4.78, 5) is 13.4. The SMILES string of the molecule is NC(=O)C1=CC=CC=CN1Cc1ccc(OCc2cccc(Cl)c2)cc1. The number of rotatable bonds is 6. The third-order valence-corrected chi connectivity index (χ3v) is 4.11. The van der Waals surface area contributed by atoms with E-state index in [1.807, 2.05) is 71.8 Å². The minimum atomic E-state index is -0.456. The first kappa shape index (κ1) is 17.8. The highest BCUT2D eigenvalue weighted by Crippen LogP contribution is 2.19. The zero-order chi connectivity index (χ0) is 18.4. The molecule has 0 bridgehead atoms. The molecule has 0 aromatic heterocycles. The molecule has 5 heteroatoms. The van der Waals surface area contributed by atoms with E-state index < -0.39 is 5.91 Å². The van der Waals surface area contributed by atoms with E-state index in [4.69, 9.17) is 22.1 Å². The van der Waals surface area contributed by atoms with Gasteiger partial charge in [0.15, 0.2) is 0 Å². The van der Waals surface area contributed by atoms with Crippen molar-refractivity contribution in [2.24, 2.45) is 5.73 Å². The Kier molecular flexibility index (Phi) is 5.77. The number of hydrogen-bond donors (Lipinski definition) is 1. The van der Waals surface area contributed by atoms with Crippen LogP contribution in [0.1, 0.15) is 11.1 Å². The highest BCUT2D eigenvalue weighted by Gasteiger charge is 2.13. The van der Waals surface area contributed by atoms with Gasteiger partial charge in [0.05, 0.1) is 0 Å². The Morgan fingerprint density at radius 1 is 1.04 bits per heavy atom. The summed E-state index contributed by atoms with van der Waals surface area (Å²) in [5.74, 6) is 0.315. The first-order valence-corrected chi connectivity index (χ1v) is 8.57. The van der Waals surface area contributed by atoms with Gasteiger partial charge in [-0.2, -0.15) is 0 Å². The normalized spacial score (nSPS) is 13.3. The number of carbonyl (C=O) groups is 1. The molecule has 1 aliphatic rings. The highest BCUT2D eigenvalue weighted by atomic mass is 35.5. The van der Waals surface area contributed by atoms with Crippen molar-refractivity contribution in [1.29, 1.82) is 0 Å². The van der Waals surface area contributed by atoms with Crippen LogP contribution in [0.4, 0.5) is 0 Å². The van der Waals surface area contributed by atoms with Crippen molar-refractivity contribution in [3.63, 3.8) is 0 Å². The number of ether oxygens (including phenoxy) is 1. The van der Waals surface area contributed by atoms with Crippen LogP contribution in [-0.2, 0) is 17.9 Å². The highest BCUT2D eigenvalue weighted by molar-refractivity contribution is 6.30. The Hall–Kier alpha value is -2.98. The fourth-order valence-electron chi connectivity index (χ4n) is 2.58. The summed E-state index contributed by atoms with van der Waals surface area (Å²) < 4.78 is 5.79. The van der Waals surface area contributed by atoms with Crippen LogP contribution in [0.2, 0.25) is 5.02 Å². The van der Waals surface area contributed by atoms with Crippen molar-refractivity contribution in [3.8, 4) is 5.75 Å². The maximum absolute atomic E-state index is 11.6. The van der Waals surface area contributed by atoms with Gasteiger partial charge in [0, 0.05) is 17.8 Å². The summed E-state index contributed by atoms with van der Waals surface area (Å²) in [5.41, 5.74) is 7.97. The Bertz CT molecular complexity index is 870. The zero-order valence-electron chi connectivity index (χ0n) is 14.1. The van der Waals surface area contributed by atoms with Crippen LogP contribution in [0, 0.1) is 0 Å². The third-order valence-electron chi connectivity index (χ3n) is 3.88. The van der Waals surface area contributed by atoms with Crippen molar-refractivity contribution < 1.29 is 9.53 Å². The molecule has 2 N–H and O–H groups in total. The van der Waals surface area contributed by atoms with Gasteiger partial charge in [0.25, 0.3) is 5.91 Å². The average molecular weight is 367 g/mol. The van der Waals surface area contributed by atoms with Gasteiger partial charge >= 0.3 is 0 Å². The minimum Gasteiger partial charge on any atom is -0.489 e. The monoisotopic (exact) mass is 366 g/mol. The van der Waals surface area contributed by atoms with E-state index in [2.05, 4.69) is 0 Å². The molecule has 0 radical (unpaired) electrons. The van der Waals surface area contributed by atoms with Crippen molar-refractivity contribution in [1.82, 2.24) is 4.90 Å². The smallest absolute Gasteiger partial charge is 0.265 e. The van der Waals surface area contributed by atoms with Crippen LogP contribution in [-0.4, -0.2) is 10.8 Å². The molecular weight excluding hydrogens is 348 g/mol. The Balaban J connectivity index is 1.63. The Morgan fingerprint density at radius 2 is 1.85 bits per heavy atom. The number of nitrogens with zero attached hydrogens (tertiary/aromatic N) is 1. The molecule has 0 unspecified atom stereocenters. The number of benzene rings is 2. The lowest BCUT2D eigenvalue weighted by Crippen LogP contribution is -2.27. The van der Waals surface area contributed by atoms with E-state index >= 15 is 0 Å². The maximum atomic E-state index is 11.6. The van der Waals surface area contributed by atoms with E-state index in [-0.39, 0.29) is 0 Å². The predicted molar refractivity (Wildman–Crippen MR) is 103 cm³/mol. The first-order valence-electron chi connectivity index (χ1n) is 8.19. The van der Waals surface area contributed by atoms with Crippen LogP contribution in [0.3, 0.4) is 0 Å². The number of nitrogens with two attached hydrogens (primary N) is 1. The van der Waals surface area contributed by atoms with E-state index in [0.717, 1.165) is 16.9 Å². The fraction of sp³-hybridized carbons (Fsp3) is 0.0952. The van der Waals surface area contributed by atoms with Crippen LogP contribution < -0.4 is 10.5 Å². The molecular formula is C21H19ClN2O2. The molecule has 0 saturated heterocycles. The number of allylic oxidation sites excluding steroid dienone is 4. The second-order valence-electron chi connectivity index (χ2n) is 5.83. The van der Waals surface area contributed by atoms with Gasteiger partial charge in [0.2, 0.25) is 0 Å². The zero-order valence-corrected chi connectivity index (χ0v) is 14.9. The Morgan fingerprint density at radius 3 is 2.58 bits per heavy atom. The van der Waals surface area contributed by atoms with Crippen molar-refractivity contribution in [3.05, 3.63) is 101 Å². The molecule has 0 fully saturated rings. The van der Waals surface area contributed by atoms with E-state index in [1.165, 1.54) is 0 Å². The van der Waals surface area contributed by atoms with Gasteiger partial charge in [0.1, 0.15) is 18.1 Å². The van der Waals surface area contributed by atoms with Crippen LogP contribution in [0.15, 0.2) is 84.7 Å². The number of halogens is 1. The lowest BCUT2D eigenvalue weighted by atomic mass is 10.2. The molecule has 4 nitrogen and oxygen atoms in total. The summed E-state index contributed by atoms with van der Waals surface area (Å²) in [6, 6.07) is 15.3. The van der Waals surface area contributed by atoms with Crippen LogP contribution in [0.25, 0.3) is 0 Å². The predicted octanol–water partition coefficient (Wildman–Crippen LogP) is 4.17. The van der Waals surface area contributed by atoms with Gasteiger partial charge < -0.3 is 15.4 Å². The van der Waals surface area contributed by atoms with Crippen molar-refractivity contribution >= 4 is 17.5 Å². The van der Waals surface area contributed by atoms with Crippen LogP contribution >= 0.6 is 11.6 Å². The maximum Gasteiger partial charge on any atom is 0.265 e. The molecule has 0 atom stereocenters. The van der Waals surface area contributed by atoms with Gasteiger partial charge in [-0.15, -0.1) is 0 Å². The molecule has 132 valence electrons. The largest absolute Gasteiger partial charge is 0.489 e. The number of primary amides is 1. The second-order valence-corrected chi connectivity index (χ2v) is 6.27. The summed E-state index contributed by atoms with van der Waals surface area (Å²) in [6.07, 6.45) is 9.07. The topological polar surface area (TPSA) is 55.6 Å². The van der Waals surface area contributed by atoms with Gasteiger partial charge in [-0.3, -0.25) is 4.79 Å². The molecule has 0 aliphatic carbocycles. The lowest BCUT2D eigenvalue weighted by Gasteiger charge is -2.21. The van der Waals surface area contributed by atoms with Gasteiger partial charge in [-0.25, -0.2) is 0 Å². The van der Waals surface area contributed by atoms with E-state index in [9.17, 15) is 4.79 Å². The van der Waals surface area contributed by atoms with E-state index in [1.54, 1.807) is 12.2 Å². The minimum absolute atomic E-state index is 0.453. The molecule has 26 heavy (non-hydrogen) atoms. The number of hydrogen-bond acceptors (Lipinski definition) is 3. The molecule has 2 aromatic rings. The molecule has 3 rings (SSSR count). The average Bonchev–Trinajstić information content (AvgIpc) is 2.87. The third kappa shape index (κ3) is 4.77. The van der Waals surface area contributed by atoms with Crippen molar-refractivity contribution in [2.45, 2.75) is 13.2 Å². The van der Waals surface area contributed by atoms with Gasteiger partial charge in [-0.1, -0.05) is 48.0 Å². The number of carbonyl (C=O) groups excluding carboxylic acids is 1. The molecule has 0 saturated carbocycles. The summed E-state index contributed by atoms with van der Waals surface area (Å²) in [6.45, 7) is 0.997. The standard InChI is InChI=1S/C21H19ClN2O2/c22-18-6-4-5-17(13-18)15-26-19-10-8-16(9-11-19)14-24-12-3-1-2-7-20(24)21(23)25/h1-13H,14-15H2,(H2,23,25). The van der Waals surface area contributed by atoms with Gasteiger partial charge in [-0.05, 0) is 47.5 Å². The van der Waals surface area contributed by atoms with Crippen molar-refractivity contribution in [2.75, 3.05) is 0 Å². The fourth-order valence-corrected chi connectivity index (χ4v) is 2.80. The molecule has 1 aliphatic heterocycles. The van der Waals surface area contributed by atoms with E-state index in [0.29, 0.717) is 23.9 Å². The molecule has 1 heterocycles. The van der Waals surface area contributed by atoms with Crippen LogP contribution in [0.5, 0.6) is 5.75 Å². The lowest BCUT2D eigenvalue weighted by molar-refractivity contribution is -0.115. The molecule has 1 amide bonds. The second kappa shape index (κ2) is 8.41. The summed E-state index contributed by atoms with van der Waals surface area (Å²) in [7, 11) is 0. The summed E-state index contributed by atoms with van der Waals surface area (Å²) in [5, 5.41) is 0.694. The quantitative estimate of drug-likeness (QED) is 0.834. The molecule has 2 aromatic carbocycles. The first-order chi connectivity index (χ1) is 12.6. The summed E-state index contributed by atoms with van der Waals surface area (Å²) >= 11 is 5.98. The Labute approximate surface area is 157 Å². The molecule has 0 spiro atoms. The number of amides is 1.